The number of carboxylic acid groups (broad SMARTS) is 1. The minimum atomic E-state index is -1.02. The van der Waals surface area contributed by atoms with Crippen molar-refractivity contribution in [3.05, 3.63) is 41.1 Å². The fourth-order valence-electron chi connectivity index (χ4n) is 1.59. The topological polar surface area (TPSA) is 83.8 Å². The third-order valence-corrected chi connectivity index (χ3v) is 3.39. The number of aryl methyl sites for hydroxylation is 1. The van der Waals surface area contributed by atoms with Crippen LogP contribution in [0.4, 0.5) is 5.00 Å². The van der Waals surface area contributed by atoms with Gasteiger partial charge in [-0.25, -0.2) is 4.79 Å². The largest absolute Gasteiger partial charge is 0.497 e. The maximum absolute atomic E-state index is 11.1. The quantitative estimate of drug-likeness (QED) is 0.653. The van der Waals surface area contributed by atoms with Gasteiger partial charge >= 0.3 is 5.97 Å². The first-order valence-electron chi connectivity index (χ1n) is 5.74. The van der Waals surface area contributed by atoms with Gasteiger partial charge in [-0.2, -0.15) is 9.47 Å². The smallest absolute Gasteiger partial charge is 0.340 e. The average Bonchev–Trinajstić information content (AvgIpc) is 2.80. The number of nitrogens with one attached hydrogen (secondary N) is 1. The molecule has 0 aliphatic rings. The van der Waals surface area contributed by atoms with Crippen molar-refractivity contribution in [1.82, 2.24) is 4.37 Å². The van der Waals surface area contributed by atoms with E-state index in [4.69, 9.17) is 9.84 Å². The Morgan fingerprint density at radius 2 is 2.35 bits per heavy atom. The summed E-state index contributed by atoms with van der Waals surface area (Å²) in [5.41, 5.74) is 4.17. The molecule has 1 heterocycles. The predicted molar refractivity (Wildman–Crippen MR) is 78.0 cm³/mol. The van der Waals surface area contributed by atoms with Crippen LogP contribution in [0.15, 0.2) is 29.4 Å². The lowest BCUT2D eigenvalue weighted by Crippen LogP contribution is -2.01. The molecule has 2 aromatic rings. The SMILES string of the molecule is COc1cccc(C=NNc2snc(C)c2C(=O)O)c1. The van der Waals surface area contributed by atoms with E-state index in [9.17, 15) is 4.79 Å². The highest BCUT2D eigenvalue weighted by atomic mass is 32.1. The Hall–Kier alpha value is -2.41. The second kappa shape index (κ2) is 6.16. The van der Waals surface area contributed by atoms with E-state index >= 15 is 0 Å². The number of methoxy groups -OCH3 is 1. The summed E-state index contributed by atoms with van der Waals surface area (Å²) < 4.78 is 9.10. The van der Waals surface area contributed by atoms with Crippen molar-refractivity contribution < 1.29 is 14.6 Å². The Bertz CT molecular complexity index is 652. The number of nitrogens with zero attached hydrogens (tertiary/aromatic N) is 2. The number of aromatic nitrogens is 1. The van der Waals surface area contributed by atoms with Crippen molar-refractivity contribution in [2.45, 2.75) is 6.92 Å². The van der Waals surface area contributed by atoms with Crippen molar-refractivity contribution >= 4 is 28.7 Å². The molecule has 0 saturated carbocycles. The molecule has 7 heteroatoms. The molecule has 0 spiro atoms. The summed E-state index contributed by atoms with van der Waals surface area (Å²) in [4.78, 5) is 11.1. The molecule has 0 fully saturated rings. The van der Waals surface area contributed by atoms with Crippen LogP contribution in [0.1, 0.15) is 21.6 Å². The lowest BCUT2D eigenvalue weighted by molar-refractivity contribution is 0.0697. The van der Waals surface area contributed by atoms with E-state index in [1.807, 2.05) is 24.3 Å². The first-order valence-corrected chi connectivity index (χ1v) is 6.52. The van der Waals surface area contributed by atoms with E-state index in [0.717, 1.165) is 22.8 Å². The Morgan fingerprint density at radius 1 is 1.55 bits per heavy atom. The fourth-order valence-corrected chi connectivity index (χ4v) is 2.32. The number of carboxylic acids is 1. The molecule has 0 bridgehead atoms. The third kappa shape index (κ3) is 3.12. The minimum Gasteiger partial charge on any atom is -0.497 e. The summed E-state index contributed by atoms with van der Waals surface area (Å²) in [5.74, 6) is -0.288. The lowest BCUT2D eigenvalue weighted by Gasteiger charge is -2.00. The third-order valence-electron chi connectivity index (χ3n) is 2.55. The Morgan fingerprint density at radius 3 is 3.05 bits per heavy atom. The minimum absolute atomic E-state index is 0.151. The molecular formula is C13H13N3O3S. The maximum atomic E-state index is 11.1. The molecule has 0 radical (unpaired) electrons. The Labute approximate surface area is 119 Å². The second-order valence-electron chi connectivity index (χ2n) is 3.92. The highest BCUT2D eigenvalue weighted by molar-refractivity contribution is 7.10. The lowest BCUT2D eigenvalue weighted by atomic mass is 10.2. The first kappa shape index (κ1) is 14.0. The van der Waals surface area contributed by atoms with Gasteiger partial charge in [0.05, 0.1) is 19.0 Å². The Balaban J connectivity index is 2.12. The molecule has 6 nitrogen and oxygen atoms in total. The van der Waals surface area contributed by atoms with Gasteiger partial charge in [-0.05, 0) is 36.2 Å². The van der Waals surface area contributed by atoms with Crippen LogP contribution >= 0.6 is 11.5 Å². The van der Waals surface area contributed by atoms with Gasteiger partial charge in [-0.15, -0.1) is 0 Å². The number of anilines is 1. The van der Waals surface area contributed by atoms with Crippen LogP contribution < -0.4 is 10.2 Å². The first-order chi connectivity index (χ1) is 9.61. The monoisotopic (exact) mass is 291 g/mol. The fraction of sp³-hybridized carbons (Fsp3) is 0.154. The van der Waals surface area contributed by atoms with Crippen molar-refractivity contribution in [3.8, 4) is 5.75 Å². The number of hydrazone groups is 1. The van der Waals surface area contributed by atoms with Crippen LogP contribution in [-0.2, 0) is 0 Å². The van der Waals surface area contributed by atoms with E-state index in [0.29, 0.717) is 10.7 Å². The van der Waals surface area contributed by atoms with Crippen LogP contribution in [0, 0.1) is 6.92 Å². The number of ether oxygens (including phenoxy) is 1. The van der Waals surface area contributed by atoms with Crippen molar-refractivity contribution in [2.24, 2.45) is 5.10 Å². The van der Waals surface area contributed by atoms with Crippen LogP contribution in [0.3, 0.4) is 0 Å². The molecule has 0 atom stereocenters. The van der Waals surface area contributed by atoms with Crippen molar-refractivity contribution in [2.75, 3.05) is 12.5 Å². The zero-order chi connectivity index (χ0) is 14.5. The normalized spacial score (nSPS) is 10.7. The summed E-state index contributed by atoms with van der Waals surface area (Å²) in [6.07, 6.45) is 1.59. The Kier molecular flexibility index (Phi) is 4.31. The van der Waals surface area contributed by atoms with Crippen LogP contribution in [0.5, 0.6) is 5.75 Å². The summed E-state index contributed by atoms with van der Waals surface area (Å²) in [5, 5.41) is 13.5. The van der Waals surface area contributed by atoms with Gasteiger partial charge < -0.3 is 9.84 Å². The summed E-state index contributed by atoms with van der Waals surface area (Å²) >= 11 is 1.07. The second-order valence-corrected chi connectivity index (χ2v) is 4.70. The average molecular weight is 291 g/mol. The van der Waals surface area contributed by atoms with Crippen LogP contribution in [0.2, 0.25) is 0 Å². The number of benzene rings is 1. The van der Waals surface area contributed by atoms with Gasteiger partial charge in [0, 0.05) is 0 Å². The molecule has 0 aliphatic heterocycles. The number of aromatic carboxylic acids is 1. The van der Waals surface area contributed by atoms with Crippen LogP contribution in [0.25, 0.3) is 0 Å². The predicted octanol–water partition coefficient (Wildman–Crippen LogP) is 2.60. The molecule has 20 heavy (non-hydrogen) atoms. The van der Waals surface area contributed by atoms with Gasteiger partial charge in [-0.3, -0.25) is 5.43 Å². The van der Waals surface area contributed by atoms with Gasteiger partial charge in [-0.1, -0.05) is 12.1 Å². The molecule has 104 valence electrons. The number of hydrogen-bond donors (Lipinski definition) is 2. The molecule has 0 aliphatic carbocycles. The molecule has 0 unspecified atom stereocenters. The van der Waals surface area contributed by atoms with Gasteiger partial charge in [0.15, 0.2) is 0 Å². The summed E-state index contributed by atoms with van der Waals surface area (Å²) in [6, 6.07) is 7.37. The molecule has 2 N–H and O–H groups in total. The highest BCUT2D eigenvalue weighted by Crippen LogP contribution is 2.24. The number of carbonyl (C=O) groups is 1. The van der Waals surface area contributed by atoms with Gasteiger partial charge in [0.1, 0.15) is 16.3 Å². The zero-order valence-electron chi connectivity index (χ0n) is 11.0. The van der Waals surface area contributed by atoms with E-state index in [1.54, 1.807) is 20.2 Å². The van der Waals surface area contributed by atoms with Crippen LogP contribution in [-0.4, -0.2) is 28.8 Å². The standard InChI is InChI=1S/C13H13N3O3S/c1-8-11(13(17)18)12(20-16-8)15-14-7-9-4-3-5-10(6-9)19-2/h3-7,15H,1-2H3,(H,17,18). The van der Waals surface area contributed by atoms with E-state index in [1.165, 1.54) is 0 Å². The molecule has 0 amide bonds. The summed E-state index contributed by atoms with van der Waals surface area (Å²) in [7, 11) is 1.59. The molecule has 0 saturated heterocycles. The highest BCUT2D eigenvalue weighted by Gasteiger charge is 2.16. The molecule has 1 aromatic carbocycles. The zero-order valence-corrected chi connectivity index (χ0v) is 11.8. The van der Waals surface area contributed by atoms with E-state index in [-0.39, 0.29) is 5.56 Å². The maximum Gasteiger partial charge on any atom is 0.340 e. The molecular weight excluding hydrogens is 278 g/mol. The molecule has 1 aromatic heterocycles. The van der Waals surface area contributed by atoms with E-state index in [2.05, 4.69) is 14.9 Å². The number of hydrogen-bond acceptors (Lipinski definition) is 6. The number of rotatable bonds is 5. The van der Waals surface area contributed by atoms with Gasteiger partial charge in [0.2, 0.25) is 0 Å². The van der Waals surface area contributed by atoms with Gasteiger partial charge in [0.25, 0.3) is 0 Å². The summed E-state index contributed by atoms with van der Waals surface area (Å²) in [6.45, 7) is 1.65. The van der Waals surface area contributed by atoms with Crippen molar-refractivity contribution in [3.63, 3.8) is 0 Å². The van der Waals surface area contributed by atoms with Crippen molar-refractivity contribution in [1.29, 1.82) is 0 Å². The van der Waals surface area contributed by atoms with E-state index < -0.39 is 5.97 Å². The molecule has 2 rings (SSSR count).